The number of amides is 1. The highest BCUT2D eigenvalue weighted by Gasteiger charge is 2.50. The summed E-state index contributed by atoms with van der Waals surface area (Å²) in [5.41, 5.74) is -1.27. The average Bonchev–Trinajstić information content (AvgIpc) is 3.48. The number of carbonyl (C=O) groups is 2. The first kappa shape index (κ1) is 29.4. The van der Waals surface area contributed by atoms with Crippen molar-refractivity contribution >= 4 is 28.2 Å². The van der Waals surface area contributed by atoms with Crippen LogP contribution in [0.4, 0.5) is 18.2 Å². The van der Waals surface area contributed by atoms with E-state index in [0.29, 0.717) is 10.4 Å². The summed E-state index contributed by atoms with van der Waals surface area (Å²) in [6.07, 6.45) is -5.57. The summed E-state index contributed by atoms with van der Waals surface area (Å²) >= 11 is 1.07. The average molecular weight is 584 g/mol. The summed E-state index contributed by atoms with van der Waals surface area (Å²) < 4.78 is 55.4. The highest BCUT2D eigenvalue weighted by molar-refractivity contribution is 7.20. The Balaban J connectivity index is 1.88. The van der Waals surface area contributed by atoms with Crippen LogP contribution in [-0.2, 0) is 9.53 Å². The zero-order valence-electron chi connectivity index (χ0n) is 22.2. The minimum absolute atomic E-state index is 0.0458. The smallest absolute Gasteiger partial charge is 0.480 e. The number of carbonyl (C=O) groups excluding carboxylic acids is 1. The monoisotopic (exact) mass is 583 g/mol. The summed E-state index contributed by atoms with van der Waals surface area (Å²) in [5.74, 6) is -2.39. The zero-order valence-corrected chi connectivity index (χ0v) is 23.0. The molecule has 2 N–H and O–H groups in total. The van der Waals surface area contributed by atoms with E-state index in [1.807, 2.05) is 0 Å². The number of aromatic nitrogens is 1. The second-order valence-corrected chi connectivity index (χ2v) is 10.9. The van der Waals surface area contributed by atoms with Gasteiger partial charge in [0, 0.05) is 5.56 Å². The van der Waals surface area contributed by atoms with Crippen molar-refractivity contribution < 1.29 is 46.9 Å². The van der Waals surface area contributed by atoms with Crippen LogP contribution in [0.5, 0.6) is 5.75 Å². The summed E-state index contributed by atoms with van der Waals surface area (Å²) in [7, 11) is 0. The molecule has 1 aliphatic heterocycles. The van der Waals surface area contributed by atoms with Gasteiger partial charge in [0.1, 0.15) is 28.7 Å². The predicted molar refractivity (Wildman–Crippen MR) is 138 cm³/mol. The molecule has 10 nitrogen and oxygen atoms in total. The van der Waals surface area contributed by atoms with Gasteiger partial charge in [-0.05, 0) is 46.2 Å². The quantitative estimate of drug-likeness (QED) is 0.351. The molecule has 1 aromatic carbocycles. The lowest BCUT2D eigenvalue weighted by atomic mass is 9.98. The Kier molecular flexibility index (Phi) is 7.89. The number of oxazole rings is 1. The molecule has 3 heterocycles. The van der Waals surface area contributed by atoms with E-state index in [-0.39, 0.29) is 28.6 Å². The van der Waals surface area contributed by atoms with Crippen LogP contribution >= 0.6 is 11.3 Å². The van der Waals surface area contributed by atoms with Crippen molar-refractivity contribution in [2.24, 2.45) is 0 Å². The Morgan fingerprint density at radius 2 is 1.93 bits per heavy atom. The van der Waals surface area contributed by atoms with E-state index in [0.717, 1.165) is 22.3 Å². The van der Waals surface area contributed by atoms with E-state index < -0.39 is 48.1 Å². The lowest BCUT2D eigenvalue weighted by Gasteiger charge is -2.47. The number of alkyl halides is 3. The number of nitrogens with zero attached hydrogens (tertiary/aromatic N) is 3. The first-order chi connectivity index (χ1) is 18.6. The summed E-state index contributed by atoms with van der Waals surface area (Å²) in [6, 6.07) is 5.46. The van der Waals surface area contributed by atoms with Gasteiger partial charge < -0.3 is 29.0 Å². The molecule has 0 aliphatic carbocycles. The minimum Gasteiger partial charge on any atom is -0.480 e. The van der Waals surface area contributed by atoms with Gasteiger partial charge in [0.05, 0.1) is 29.3 Å². The number of ether oxygens (including phenoxy) is 2. The normalized spacial score (nSPS) is 16.9. The van der Waals surface area contributed by atoms with Gasteiger partial charge in [-0.25, -0.2) is 9.78 Å². The van der Waals surface area contributed by atoms with Crippen LogP contribution in [0.3, 0.4) is 0 Å². The number of aliphatic carboxylic acids is 1. The first-order valence-corrected chi connectivity index (χ1v) is 13.0. The number of hydrogen-bond donors (Lipinski definition) is 2. The Morgan fingerprint density at radius 3 is 2.50 bits per heavy atom. The molecular formula is C26H28F3N3O7S. The Bertz CT molecular complexity index is 1390. The molecule has 4 rings (SSSR count). The maximum atomic E-state index is 13.7. The predicted octanol–water partition coefficient (Wildman–Crippen LogP) is 5.18. The van der Waals surface area contributed by atoms with Crippen molar-refractivity contribution in [2.75, 3.05) is 11.4 Å². The fourth-order valence-electron chi connectivity index (χ4n) is 4.47. The molecule has 2 unspecified atom stereocenters. The molecule has 2 atom stereocenters. The van der Waals surface area contributed by atoms with Gasteiger partial charge in [-0.1, -0.05) is 18.2 Å². The van der Waals surface area contributed by atoms with Gasteiger partial charge in [-0.2, -0.15) is 0 Å². The van der Waals surface area contributed by atoms with Gasteiger partial charge in [0.25, 0.3) is 5.91 Å². The second-order valence-electron chi connectivity index (χ2n) is 9.87. The van der Waals surface area contributed by atoms with Crippen molar-refractivity contribution in [1.29, 1.82) is 0 Å². The lowest BCUT2D eigenvalue weighted by molar-refractivity contribution is -0.275. The van der Waals surface area contributed by atoms with Crippen molar-refractivity contribution in [3.63, 3.8) is 0 Å². The summed E-state index contributed by atoms with van der Waals surface area (Å²) in [5, 5.41) is 21.7. The SMILES string of the molecule is Cc1c(-c2ncco2)sc2c1C(=O)N(C(C)(C)C(=O)O)C(O)N2CC(OC(C)C)c1ccccc1OC(F)(F)F. The third-order valence-corrected chi connectivity index (χ3v) is 7.69. The molecule has 14 heteroatoms. The largest absolute Gasteiger partial charge is 0.573 e. The number of aliphatic hydroxyl groups excluding tert-OH is 1. The molecule has 216 valence electrons. The number of benzene rings is 1. The number of fused-ring (bicyclic) bond motifs is 1. The summed E-state index contributed by atoms with van der Waals surface area (Å²) in [6.45, 7) is 7.29. The molecule has 0 fully saturated rings. The molecule has 1 amide bonds. The van der Waals surface area contributed by atoms with Gasteiger partial charge >= 0.3 is 12.3 Å². The number of hydrogen-bond acceptors (Lipinski definition) is 9. The van der Waals surface area contributed by atoms with E-state index in [2.05, 4.69) is 9.72 Å². The third-order valence-electron chi connectivity index (χ3n) is 6.37. The summed E-state index contributed by atoms with van der Waals surface area (Å²) in [4.78, 5) is 32.7. The number of halogens is 3. The number of anilines is 1. The Hall–Kier alpha value is -3.62. The minimum atomic E-state index is -4.97. The maximum Gasteiger partial charge on any atom is 0.573 e. The number of carboxylic acids is 1. The molecular weight excluding hydrogens is 555 g/mol. The maximum absolute atomic E-state index is 13.7. The molecule has 3 aromatic rings. The fraction of sp³-hybridized carbons (Fsp3) is 0.423. The van der Waals surface area contributed by atoms with Crippen LogP contribution in [-0.4, -0.2) is 62.9 Å². The first-order valence-electron chi connectivity index (χ1n) is 12.2. The van der Waals surface area contributed by atoms with Gasteiger partial charge in [-0.3, -0.25) is 9.69 Å². The number of carboxylic acid groups (broad SMARTS) is 1. The molecule has 40 heavy (non-hydrogen) atoms. The number of thiophene rings is 1. The molecule has 0 radical (unpaired) electrons. The van der Waals surface area contributed by atoms with E-state index >= 15 is 0 Å². The van der Waals surface area contributed by atoms with E-state index in [4.69, 9.17) is 9.15 Å². The van der Waals surface area contributed by atoms with E-state index in [1.165, 1.54) is 49.4 Å². The van der Waals surface area contributed by atoms with Crippen LogP contribution in [0.25, 0.3) is 10.8 Å². The lowest BCUT2D eigenvalue weighted by Crippen LogP contribution is -2.65. The standard InChI is InChI=1S/C26H28F3N3O7S/c1-13(2)38-17(15-8-6-7-9-16(15)39-26(27,28)29)12-31-22-18(14(3)19(40-22)20-30-10-11-37-20)21(33)32(24(31)36)25(4,5)23(34)35/h6-11,13,17,24,36H,12H2,1-5H3,(H,34,35). The molecule has 0 saturated carbocycles. The zero-order chi connectivity index (χ0) is 29.6. The number of aliphatic hydroxyl groups is 1. The van der Waals surface area contributed by atoms with Crippen molar-refractivity contribution in [1.82, 2.24) is 9.88 Å². The van der Waals surface area contributed by atoms with Gasteiger partial charge in [0.15, 0.2) is 0 Å². The van der Waals surface area contributed by atoms with Crippen LogP contribution in [0, 0.1) is 6.92 Å². The number of rotatable bonds is 9. The molecule has 0 bridgehead atoms. The topological polar surface area (TPSA) is 126 Å². The Morgan fingerprint density at radius 1 is 1.25 bits per heavy atom. The third kappa shape index (κ3) is 5.51. The van der Waals surface area contributed by atoms with E-state index in [9.17, 15) is 33.0 Å². The van der Waals surface area contributed by atoms with E-state index in [1.54, 1.807) is 20.8 Å². The molecule has 1 aliphatic rings. The van der Waals surface area contributed by atoms with Crippen LogP contribution < -0.4 is 9.64 Å². The Labute approximate surface area is 231 Å². The van der Waals surface area contributed by atoms with Gasteiger partial charge in [-0.15, -0.1) is 24.5 Å². The second kappa shape index (κ2) is 10.7. The van der Waals surface area contributed by atoms with Crippen LogP contribution in [0.15, 0.2) is 41.1 Å². The van der Waals surface area contributed by atoms with Crippen LogP contribution in [0.2, 0.25) is 0 Å². The van der Waals surface area contributed by atoms with Gasteiger partial charge in [0.2, 0.25) is 12.2 Å². The highest BCUT2D eigenvalue weighted by Crippen LogP contribution is 2.47. The molecule has 2 aromatic heterocycles. The molecule has 0 saturated heterocycles. The van der Waals surface area contributed by atoms with Crippen LogP contribution in [0.1, 0.15) is 55.3 Å². The molecule has 0 spiro atoms. The highest BCUT2D eigenvalue weighted by atomic mass is 32.1. The van der Waals surface area contributed by atoms with Crippen molar-refractivity contribution in [3.05, 3.63) is 53.4 Å². The van der Waals surface area contributed by atoms with Crippen molar-refractivity contribution in [2.45, 2.75) is 65.1 Å². The van der Waals surface area contributed by atoms with Crippen molar-refractivity contribution in [3.8, 4) is 16.5 Å². The number of para-hydroxylation sites is 1. The fourth-order valence-corrected chi connectivity index (χ4v) is 5.74.